The minimum Gasteiger partial charge on any atom is -0.497 e. The molecule has 0 radical (unpaired) electrons. The SMILES string of the molecule is COc1ccc(NC(=O)c2cc(NC(=O)c3cc(C(C)(C)C)cc(N)c3OC)cnc2C)cc1. The Morgan fingerprint density at radius 1 is 0.882 bits per heavy atom. The lowest BCUT2D eigenvalue weighted by molar-refractivity contribution is 0.101. The number of pyridine rings is 1. The molecule has 0 unspecified atom stereocenters. The van der Waals surface area contributed by atoms with E-state index >= 15 is 0 Å². The summed E-state index contributed by atoms with van der Waals surface area (Å²) in [5.74, 6) is 0.222. The summed E-state index contributed by atoms with van der Waals surface area (Å²) < 4.78 is 10.5. The molecule has 0 spiro atoms. The third-order valence-electron chi connectivity index (χ3n) is 5.37. The van der Waals surface area contributed by atoms with Crippen molar-refractivity contribution in [2.75, 3.05) is 30.6 Å². The third-order valence-corrected chi connectivity index (χ3v) is 5.37. The Morgan fingerprint density at radius 2 is 1.50 bits per heavy atom. The van der Waals surface area contributed by atoms with Gasteiger partial charge in [0.05, 0.1) is 48.6 Å². The maximum Gasteiger partial charge on any atom is 0.259 e. The van der Waals surface area contributed by atoms with Gasteiger partial charge in [-0.2, -0.15) is 0 Å². The number of carbonyl (C=O) groups is 2. The summed E-state index contributed by atoms with van der Waals surface area (Å²) in [4.78, 5) is 30.3. The van der Waals surface area contributed by atoms with Gasteiger partial charge in [-0.25, -0.2) is 0 Å². The Kier molecular flexibility index (Phi) is 7.10. The number of nitrogens with one attached hydrogen (secondary N) is 2. The van der Waals surface area contributed by atoms with E-state index in [1.165, 1.54) is 13.3 Å². The van der Waals surface area contributed by atoms with E-state index in [0.717, 1.165) is 5.56 Å². The highest BCUT2D eigenvalue weighted by atomic mass is 16.5. The van der Waals surface area contributed by atoms with Crippen LogP contribution in [0.3, 0.4) is 0 Å². The Balaban J connectivity index is 1.87. The topological polar surface area (TPSA) is 116 Å². The molecule has 2 amide bonds. The third kappa shape index (κ3) is 5.46. The number of aromatic nitrogens is 1. The van der Waals surface area contributed by atoms with Crippen molar-refractivity contribution in [2.24, 2.45) is 0 Å². The predicted molar refractivity (Wildman–Crippen MR) is 134 cm³/mol. The molecule has 0 aliphatic carbocycles. The highest BCUT2D eigenvalue weighted by molar-refractivity contribution is 6.09. The number of hydrogen-bond acceptors (Lipinski definition) is 6. The van der Waals surface area contributed by atoms with Gasteiger partial charge in [0.15, 0.2) is 5.75 Å². The number of anilines is 3. The second kappa shape index (κ2) is 9.82. The molecule has 0 saturated heterocycles. The molecule has 34 heavy (non-hydrogen) atoms. The molecule has 0 bridgehead atoms. The standard InChI is InChI=1S/C26H30N4O4/c1-15-20(24(31)29-17-7-9-19(33-5)10-8-17)13-18(14-28-15)30-25(32)21-11-16(26(2,3)4)12-22(27)23(21)34-6/h7-14H,27H2,1-6H3,(H,29,31)(H,30,32). The highest BCUT2D eigenvalue weighted by Gasteiger charge is 2.22. The minimum absolute atomic E-state index is 0.215. The molecular weight excluding hydrogens is 432 g/mol. The van der Waals surface area contributed by atoms with E-state index in [9.17, 15) is 9.59 Å². The van der Waals surface area contributed by atoms with Crippen molar-refractivity contribution in [3.05, 3.63) is 71.0 Å². The average molecular weight is 463 g/mol. The van der Waals surface area contributed by atoms with Gasteiger partial charge >= 0.3 is 0 Å². The number of amides is 2. The van der Waals surface area contributed by atoms with Gasteiger partial charge in [-0.05, 0) is 60.4 Å². The van der Waals surface area contributed by atoms with Crippen LogP contribution in [0.15, 0.2) is 48.7 Å². The molecule has 4 N–H and O–H groups in total. The van der Waals surface area contributed by atoms with Crippen LogP contribution in [0, 0.1) is 6.92 Å². The van der Waals surface area contributed by atoms with Crippen molar-refractivity contribution >= 4 is 28.9 Å². The van der Waals surface area contributed by atoms with E-state index < -0.39 is 5.91 Å². The number of nitrogens with zero attached hydrogens (tertiary/aromatic N) is 1. The first-order valence-electron chi connectivity index (χ1n) is 10.7. The van der Waals surface area contributed by atoms with Crippen LogP contribution < -0.4 is 25.8 Å². The van der Waals surface area contributed by atoms with Crippen LogP contribution in [0.1, 0.15) is 52.7 Å². The fourth-order valence-corrected chi connectivity index (χ4v) is 3.38. The first kappa shape index (κ1) is 24.6. The van der Waals surface area contributed by atoms with Crippen molar-refractivity contribution in [3.8, 4) is 11.5 Å². The summed E-state index contributed by atoms with van der Waals surface area (Å²) in [6.45, 7) is 7.83. The quantitative estimate of drug-likeness (QED) is 0.454. The maximum absolute atomic E-state index is 13.2. The second-order valence-corrected chi connectivity index (χ2v) is 8.89. The van der Waals surface area contributed by atoms with E-state index in [1.54, 1.807) is 50.4 Å². The van der Waals surface area contributed by atoms with Gasteiger partial charge < -0.3 is 25.8 Å². The summed E-state index contributed by atoms with van der Waals surface area (Å²) in [6, 6.07) is 12.1. The second-order valence-electron chi connectivity index (χ2n) is 8.89. The molecule has 0 fully saturated rings. The molecule has 3 rings (SSSR count). The Bertz CT molecular complexity index is 1210. The Morgan fingerprint density at radius 3 is 2.09 bits per heavy atom. The number of rotatable bonds is 6. The molecule has 1 aromatic heterocycles. The highest BCUT2D eigenvalue weighted by Crippen LogP contribution is 2.34. The lowest BCUT2D eigenvalue weighted by atomic mass is 9.85. The van der Waals surface area contributed by atoms with E-state index in [1.807, 2.05) is 26.8 Å². The van der Waals surface area contributed by atoms with Gasteiger partial charge in [-0.15, -0.1) is 0 Å². The van der Waals surface area contributed by atoms with Crippen LogP contribution in [0.4, 0.5) is 17.1 Å². The molecule has 0 saturated carbocycles. The van der Waals surface area contributed by atoms with Crippen LogP contribution in [-0.4, -0.2) is 31.0 Å². The van der Waals surface area contributed by atoms with Crippen molar-refractivity contribution in [1.82, 2.24) is 4.98 Å². The number of benzene rings is 2. The van der Waals surface area contributed by atoms with E-state index in [-0.39, 0.29) is 11.3 Å². The van der Waals surface area contributed by atoms with Crippen molar-refractivity contribution < 1.29 is 19.1 Å². The summed E-state index contributed by atoms with van der Waals surface area (Å²) in [5, 5.41) is 5.64. The normalized spacial score (nSPS) is 11.0. The van der Waals surface area contributed by atoms with Gasteiger partial charge in [0.1, 0.15) is 5.75 Å². The number of carbonyl (C=O) groups excluding carboxylic acids is 2. The Hall–Kier alpha value is -4.07. The van der Waals surface area contributed by atoms with Gasteiger partial charge in [0.2, 0.25) is 0 Å². The molecule has 8 heteroatoms. The number of aryl methyl sites for hydroxylation is 1. The number of hydrogen-bond donors (Lipinski definition) is 3. The zero-order valence-corrected chi connectivity index (χ0v) is 20.3. The smallest absolute Gasteiger partial charge is 0.259 e. The van der Waals surface area contributed by atoms with Crippen LogP contribution in [0.5, 0.6) is 11.5 Å². The first-order valence-corrected chi connectivity index (χ1v) is 10.7. The lowest BCUT2D eigenvalue weighted by Crippen LogP contribution is -2.19. The summed E-state index contributed by atoms with van der Waals surface area (Å²) in [5.41, 5.74) is 9.37. The van der Waals surface area contributed by atoms with Crippen LogP contribution in [0.2, 0.25) is 0 Å². The molecule has 3 aromatic rings. The van der Waals surface area contributed by atoms with E-state index in [0.29, 0.717) is 45.4 Å². The molecule has 0 aliphatic heterocycles. The van der Waals surface area contributed by atoms with Crippen LogP contribution >= 0.6 is 0 Å². The zero-order chi connectivity index (χ0) is 25.0. The Labute approximate surface area is 199 Å². The molecule has 1 heterocycles. The molecular formula is C26H30N4O4. The van der Waals surface area contributed by atoms with Crippen molar-refractivity contribution in [2.45, 2.75) is 33.1 Å². The van der Waals surface area contributed by atoms with Gasteiger partial charge in [-0.3, -0.25) is 14.6 Å². The fraction of sp³-hybridized carbons (Fsp3) is 0.269. The molecule has 0 atom stereocenters. The number of methoxy groups -OCH3 is 2. The van der Waals surface area contributed by atoms with Crippen LogP contribution in [0.25, 0.3) is 0 Å². The van der Waals surface area contributed by atoms with Gasteiger partial charge in [0, 0.05) is 5.69 Å². The largest absolute Gasteiger partial charge is 0.497 e. The van der Waals surface area contributed by atoms with Gasteiger partial charge in [-0.1, -0.05) is 20.8 Å². The van der Waals surface area contributed by atoms with E-state index in [4.69, 9.17) is 15.2 Å². The molecule has 178 valence electrons. The molecule has 0 aliphatic rings. The first-order chi connectivity index (χ1) is 16.0. The summed E-state index contributed by atoms with van der Waals surface area (Å²) >= 11 is 0. The van der Waals surface area contributed by atoms with E-state index in [2.05, 4.69) is 15.6 Å². The maximum atomic E-state index is 13.2. The average Bonchev–Trinajstić information content (AvgIpc) is 2.79. The summed E-state index contributed by atoms with van der Waals surface area (Å²) in [6.07, 6.45) is 1.50. The number of ether oxygens (including phenoxy) is 2. The minimum atomic E-state index is -0.415. The number of nitrogen functional groups attached to an aromatic ring is 1. The zero-order valence-electron chi connectivity index (χ0n) is 20.3. The van der Waals surface area contributed by atoms with Crippen molar-refractivity contribution in [1.29, 1.82) is 0 Å². The van der Waals surface area contributed by atoms with Crippen LogP contribution in [-0.2, 0) is 5.41 Å². The number of nitrogens with two attached hydrogens (primary N) is 1. The lowest BCUT2D eigenvalue weighted by Gasteiger charge is -2.22. The van der Waals surface area contributed by atoms with Crippen molar-refractivity contribution in [3.63, 3.8) is 0 Å². The molecule has 2 aromatic carbocycles. The summed E-state index contributed by atoms with van der Waals surface area (Å²) in [7, 11) is 3.04. The molecule has 8 nitrogen and oxygen atoms in total. The fourth-order valence-electron chi connectivity index (χ4n) is 3.38. The monoisotopic (exact) mass is 462 g/mol. The predicted octanol–water partition coefficient (Wildman–Crippen LogP) is 4.79. The van der Waals surface area contributed by atoms with Gasteiger partial charge in [0.25, 0.3) is 11.8 Å².